The lowest BCUT2D eigenvalue weighted by Crippen LogP contribution is -2.27. The minimum atomic E-state index is 0.0963. The van der Waals surface area contributed by atoms with E-state index in [1.54, 1.807) is 11.3 Å². The molecule has 1 saturated heterocycles. The average molecular weight is 351 g/mol. The molecule has 1 amide bonds. The molecule has 25 heavy (non-hydrogen) atoms. The fourth-order valence-electron chi connectivity index (χ4n) is 3.28. The molecule has 5 heteroatoms. The van der Waals surface area contributed by atoms with Crippen LogP contribution in [0.3, 0.4) is 0 Å². The minimum absolute atomic E-state index is 0.0963. The number of hydrogen-bond acceptors (Lipinski definition) is 3. The van der Waals surface area contributed by atoms with Crippen LogP contribution in [0.2, 0.25) is 0 Å². The molecule has 1 N–H and O–H groups in total. The number of thiazole rings is 1. The first-order chi connectivity index (χ1) is 12.2. The number of rotatable bonds is 4. The van der Waals surface area contributed by atoms with E-state index < -0.39 is 0 Å². The lowest BCUT2D eigenvalue weighted by Gasteiger charge is -2.13. The SMILES string of the molecule is Cc1cccc(Cc2nc(-c3c[nH]c(C(=O)N4CCCC4)c3)cs2)c1. The molecule has 0 bridgehead atoms. The largest absolute Gasteiger partial charge is 0.357 e. The molecule has 0 unspecified atom stereocenters. The van der Waals surface area contributed by atoms with Crippen molar-refractivity contribution in [2.45, 2.75) is 26.2 Å². The second-order valence-electron chi connectivity index (χ2n) is 6.59. The lowest BCUT2D eigenvalue weighted by atomic mass is 10.1. The van der Waals surface area contributed by atoms with Crippen LogP contribution in [-0.2, 0) is 6.42 Å². The Morgan fingerprint density at radius 1 is 1.28 bits per heavy atom. The first-order valence-electron chi connectivity index (χ1n) is 8.67. The minimum Gasteiger partial charge on any atom is -0.357 e. The van der Waals surface area contributed by atoms with Gasteiger partial charge in [-0.15, -0.1) is 11.3 Å². The third-order valence-electron chi connectivity index (χ3n) is 4.59. The molecule has 1 aliphatic heterocycles. The van der Waals surface area contributed by atoms with Crippen LogP contribution < -0.4 is 0 Å². The number of hydrogen-bond donors (Lipinski definition) is 1. The summed E-state index contributed by atoms with van der Waals surface area (Å²) < 4.78 is 0. The van der Waals surface area contributed by atoms with Crippen LogP contribution in [0.4, 0.5) is 0 Å². The van der Waals surface area contributed by atoms with Gasteiger partial charge in [-0.25, -0.2) is 4.98 Å². The zero-order valence-corrected chi connectivity index (χ0v) is 15.1. The number of aromatic nitrogens is 2. The summed E-state index contributed by atoms with van der Waals surface area (Å²) in [5.41, 5.74) is 5.12. The smallest absolute Gasteiger partial charge is 0.270 e. The van der Waals surface area contributed by atoms with Crippen LogP contribution in [0.1, 0.15) is 39.5 Å². The maximum atomic E-state index is 12.4. The Balaban J connectivity index is 1.49. The number of nitrogens with zero attached hydrogens (tertiary/aromatic N) is 2. The van der Waals surface area contributed by atoms with Gasteiger partial charge >= 0.3 is 0 Å². The highest BCUT2D eigenvalue weighted by atomic mass is 32.1. The van der Waals surface area contributed by atoms with Crippen molar-refractivity contribution in [2.75, 3.05) is 13.1 Å². The highest BCUT2D eigenvalue weighted by Crippen LogP contribution is 2.25. The van der Waals surface area contributed by atoms with Gasteiger partial charge in [0.25, 0.3) is 5.91 Å². The lowest BCUT2D eigenvalue weighted by molar-refractivity contribution is 0.0788. The Labute approximate surface area is 151 Å². The summed E-state index contributed by atoms with van der Waals surface area (Å²) in [5.74, 6) is 0.0963. The number of aromatic amines is 1. The fraction of sp³-hybridized carbons (Fsp3) is 0.300. The molecule has 2 aromatic heterocycles. The van der Waals surface area contributed by atoms with E-state index in [1.165, 1.54) is 11.1 Å². The highest BCUT2D eigenvalue weighted by molar-refractivity contribution is 7.10. The van der Waals surface area contributed by atoms with Gasteiger partial charge in [0, 0.05) is 36.7 Å². The fourth-order valence-corrected chi connectivity index (χ4v) is 4.12. The Morgan fingerprint density at radius 3 is 2.92 bits per heavy atom. The molecule has 4 nitrogen and oxygen atoms in total. The Morgan fingerprint density at radius 2 is 2.12 bits per heavy atom. The molecule has 1 aliphatic rings. The molecule has 1 aromatic carbocycles. The zero-order chi connectivity index (χ0) is 17.2. The number of nitrogens with one attached hydrogen (secondary N) is 1. The zero-order valence-electron chi connectivity index (χ0n) is 14.3. The van der Waals surface area contributed by atoms with Crippen molar-refractivity contribution in [1.82, 2.24) is 14.9 Å². The van der Waals surface area contributed by atoms with Gasteiger partial charge in [0.2, 0.25) is 0 Å². The van der Waals surface area contributed by atoms with Gasteiger partial charge in [-0.05, 0) is 31.4 Å². The number of aryl methyl sites for hydroxylation is 1. The Kier molecular flexibility index (Phi) is 4.40. The van der Waals surface area contributed by atoms with Gasteiger partial charge in [-0.1, -0.05) is 29.8 Å². The first-order valence-corrected chi connectivity index (χ1v) is 9.55. The molecule has 0 spiro atoms. The average Bonchev–Trinajstić information content (AvgIpc) is 3.35. The normalized spacial score (nSPS) is 14.2. The molecular formula is C20H21N3OS. The second-order valence-corrected chi connectivity index (χ2v) is 7.54. The van der Waals surface area contributed by atoms with Crippen LogP contribution in [0.15, 0.2) is 41.9 Å². The third kappa shape index (κ3) is 3.51. The van der Waals surface area contributed by atoms with E-state index in [2.05, 4.69) is 41.6 Å². The second kappa shape index (κ2) is 6.84. The van der Waals surface area contributed by atoms with Crippen LogP contribution in [0.5, 0.6) is 0 Å². The van der Waals surface area contributed by atoms with Crippen LogP contribution in [-0.4, -0.2) is 33.9 Å². The van der Waals surface area contributed by atoms with Gasteiger partial charge < -0.3 is 9.88 Å². The third-order valence-corrected chi connectivity index (χ3v) is 5.44. The molecule has 128 valence electrons. The van der Waals surface area contributed by atoms with Crippen molar-refractivity contribution in [3.63, 3.8) is 0 Å². The Hall–Kier alpha value is -2.40. The van der Waals surface area contributed by atoms with Crippen molar-refractivity contribution in [1.29, 1.82) is 0 Å². The van der Waals surface area contributed by atoms with Gasteiger partial charge in [0.15, 0.2) is 0 Å². The molecule has 0 saturated carbocycles. The quantitative estimate of drug-likeness (QED) is 0.763. The number of benzene rings is 1. The van der Waals surface area contributed by atoms with Crippen molar-refractivity contribution in [2.24, 2.45) is 0 Å². The van der Waals surface area contributed by atoms with Crippen molar-refractivity contribution in [3.05, 3.63) is 63.7 Å². The van der Waals surface area contributed by atoms with E-state index in [1.807, 2.05) is 17.2 Å². The number of likely N-dealkylation sites (tertiary alicyclic amines) is 1. The van der Waals surface area contributed by atoms with E-state index in [0.717, 1.165) is 48.6 Å². The Bertz CT molecular complexity index is 890. The van der Waals surface area contributed by atoms with Crippen LogP contribution in [0, 0.1) is 6.92 Å². The van der Waals surface area contributed by atoms with E-state index >= 15 is 0 Å². The van der Waals surface area contributed by atoms with E-state index in [-0.39, 0.29) is 5.91 Å². The summed E-state index contributed by atoms with van der Waals surface area (Å²) in [7, 11) is 0. The topological polar surface area (TPSA) is 49.0 Å². The highest BCUT2D eigenvalue weighted by Gasteiger charge is 2.21. The summed E-state index contributed by atoms with van der Waals surface area (Å²) in [6.07, 6.45) is 4.94. The molecule has 3 heterocycles. The van der Waals surface area contributed by atoms with E-state index in [9.17, 15) is 4.79 Å². The monoisotopic (exact) mass is 351 g/mol. The molecular weight excluding hydrogens is 330 g/mol. The number of amides is 1. The molecule has 0 aliphatic carbocycles. The van der Waals surface area contributed by atoms with Gasteiger partial charge in [0.1, 0.15) is 5.69 Å². The predicted octanol–water partition coefficient (Wildman–Crippen LogP) is 4.27. The summed E-state index contributed by atoms with van der Waals surface area (Å²) in [4.78, 5) is 22.2. The van der Waals surface area contributed by atoms with E-state index in [4.69, 9.17) is 4.98 Å². The summed E-state index contributed by atoms with van der Waals surface area (Å²) in [6.45, 7) is 3.84. The van der Waals surface area contributed by atoms with Crippen LogP contribution >= 0.6 is 11.3 Å². The molecule has 0 radical (unpaired) electrons. The first kappa shape index (κ1) is 16.1. The molecule has 3 aromatic rings. The maximum absolute atomic E-state index is 12.4. The number of carbonyl (C=O) groups is 1. The van der Waals surface area contributed by atoms with Crippen molar-refractivity contribution in [3.8, 4) is 11.3 Å². The summed E-state index contributed by atoms with van der Waals surface area (Å²) >= 11 is 1.67. The molecule has 4 rings (SSSR count). The van der Waals surface area contributed by atoms with E-state index in [0.29, 0.717) is 5.69 Å². The number of H-pyrrole nitrogens is 1. The van der Waals surface area contributed by atoms with Crippen molar-refractivity contribution < 1.29 is 4.79 Å². The summed E-state index contributed by atoms with van der Waals surface area (Å²) in [5, 5.41) is 3.16. The van der Waals surface area contributed by atoms with Crippen molar-refractivity contribution >= 4 is 17.2 Å². The van der Waals surface area contributed by atoms with Crippen LogP contribution in [0.25, 0.3) is 11.3 Å². The maximum Gasteiger partial charge on any atom is 0.270 e. The number of carbonyl (C=O) groups excluding carboxylic acids is 1. The van der Waals surface area contributed by atoms with Gasteiger partial charge in [-0.2, -0.15) is 0 Å². The summed E-state index contributed by atoms with van der Waals surface area (Å²) in [6, 6.07) is 10.4. The molecule has 0 atom stereocenters. The van der Waals surface area contributed by atoms with Gasteiger partial charge in [-0.3, -0.25) is 4.79 Å². The standard InChI is InChI=1S/C20H21N3OS/c1-14-5-4-6-15(9-14)10-19-22-18(13-25-19)16-11-17(21-12-16)20(24)23-7-2-3-8-23/h4-6,9,11-13,21H,2-3,7-8,10H2,1H3. The molecule has 1 fully saturated rings. The van der Waals surface area contributed by atoms with Gasteiger partial charge in [0.05, 0.1) is 10.7 Å². The predicted molar refractivity (Wildman–Crippen MR) is 101 cm³/mol.